The molecule has 0 aliphatic carbocycles. The summed E-state index contributed by atoms with van der Waals surface area (Å²) < 4.78 is 8.84. The quantitative estimate of drug-likeness (QED) is 0.285. The van der Waals surface area contributed by atoms with E-state index in [1.54, 1.807) is 11.6 Å². The maximum atomic E-state index is 13.0. The Morgan fingerprint density at radius 1 is 1.16 bits per heavy atom. The van der Waals surface area contributed by atoms with E-state index in [9.17, 15) is 19.2 Å². The van der Waals surface area contributed by atoms with Crippen molar-refractivity contribution in [2.75, 3.05) is 50.1 Å². The normalized spacial score (nSPS) is 14.4. The number of piperazine rings is 1. The number of carbonyl (C=O) groups excluding carboxylic acids is 2. The second kappa shape index (κ2) is 10.1. The van der Waals surface area contributed by atoms with E-state index in [1.165, 1.54) is 11.7 Å². The smallest absolute Gasteiger partial charge is 0.356 e. The Hall–Kier alpha value is -3.91. The van der Waals surface area contributed by atoms with Crippen LogP contribution in [0.5, 0.6) is 0 Å². The third-order valence-corrected chi connectivity index (χ3v) is 7.23. The molecule has 0 saturated carbocycles. The molecule has 3 N–H and O–H groups in total. The number of aromatic nitrogens is 5. The van der Waals surface area contributed by atoms with Gasteiger partial charge < -0.3 is 24.5 Å². The summed E-state index contributed by atoms with van der Waals surface area (Å²) in [5, 5.41) is 3.58. The van der Waals surface area contributed by atoms with E-state index in [1.807, 2.05) is 34.9 Å². The van der Waals surface area contributed by atoms with Crippen molar-refractivity contribution >= 4 is 61.5 Å². The van der Waals surface area contributed by atoms with Gasteiger partial charge in [0, 0.05) is 55.1 Å². The number of nitrogens with one attached hydrogen (secondary N) is 3. The van der Waals surface area contributed by atoms with Crippen LogP contribution in [0.25, 0.3) is 22.1 Å². The van der Waals surface area contributed by atoms with Crippen LogP contribution >= 0.6 is 15.9 Å². The number of benzene rings is 1. The first kappa shape index (κ1) is 25.7. The monoisotopic (exact) mass is 586 g/mol. The van der Waals surface area contributed by atoms with Crippen molar-refractivity contribution in [1.29, 1.82) is 0 Å². The van der Waals surface area contributed by atoms with Gasteiger partial charge in [-0.05, 0) is 25.1 Å². The molecule has 1 saturated heterocycles. The second-order valence-corrected chi connectivity index (χ2v) is 9.93. The topological polar surface area (TPSA) is 150 Å². The molecule has 1 amide bonds. The predicted octanol–water partition coefficient (Wildman–Crippen LogP) is 1.23. The van der Waals surface area contributed by atoms with Gasteiger partial charge in [0.1, 0.15) is 5.69 Å². The minimum atomic E-state index is -0.573. The fourth-order valence-corrected chi connectivity index (χ4v) is 5.16. The summed E-state index contributed by atoms with van der Waals surface area (Å²) in [6, 6.07) is 5.48. The third kappa shape index (κ3) is 4.49. The van der Waals surface area contributed by atoms with E-state index < -0.39 is 17.2 Å². The molecule has 1 aliphatic rings. The number of halogens is 1. The largest absolute Gasteiger partial charge is 0.464 e. The predicted molar refractivity (Wildman–Crippen MR) is 146 cm³/mol. The van der Waals surface area contributed by atoms with Crippen LogP contribution < -0.4 is 21.5 Å². The summed E-state index contributed by atoms with van der Waals surface area (Å²) in [7, 11) is 2.86. The van der Waals surface area contributed by atoms with Gasteiger partial charge in [-0.1, -0.05) is 15.9 Å². The molecule has 200 valence electrons. The molecule has 1 aliphatic heterocycles. The molecule has 4 heterocycles. The molecule has 13 nitrogen and oxygen atoms in total. The zero-order valence-electron chi connectivity index (χ0n) is 21.1. The average Bonchev–Trinajstić information content (AvgIpc) is 3.46. The highest BCUT2D eigenvalue weighted by molar-refractivity contribution is 9.10. The van der Waals surface area contributed by atoms with Crippen molar-refractivity contribution < 1.29 is 14.3 Å². The number of ether oxygens (including phenoxy) is 1. The molecular formula is C24H27BrN8O5. The Labute approximate surface area is 224 Å². The fraction of sp³-hybridized carbons (Fsp3) is 0.375. The standard InChI is InChI=1S/C24H27BrN8O5/c1-4-33-19-20(30(2)24(37)29-21(19)35)28-23(33)32-9-7-31(8-10-32)12-16(34)27-17-14-11-13(25)5-6-15(14)26-18(17)22(36)38-3/h5-6,11,26H,4,7-10,12H2,1-3H3,(H,27,34)(H,29,35,37). The molecule has 0 spiro atoms. The van der Waals surface area contributed by atoms with Gasteiger partial charge in [0.2, 0.25) is 11.9 Å². The highest BCUT2D eigenvalue weighted by Crippen LogP contribution is 2.31. The number of imidazole rings is 1. The van der Waals surface area contributed by atoms with Crippen LogP contribution in [0, 0.1) is 0 Å². The Morgan fingerprint density at radius 2 is 1.89 bits per heavy atom. The maximum Gasteiger partial charge on any atom is 0.356 e. The zero-order chi connectivity index (χ0) is 27.1. The molecule has 3 aromatic heterocycles. The van der Waals surface area contributed by atoms with Gasteiger partial charge in [0.25, 0.3) is 5.56 Å². The number of nitrogens with zero attached hydrogens (tertiary/aromatic N) is 5. The van der Waals surface area contributed by atoms with Crippen molar-refractivity contribution in [2.45, 2.75) is 13.5 Å². The molecule has 4 aromatic rings. The highest BCUT2D eigenvalue weighted by Gasteiger charge is 2.26. The van der Waals surface area contributed by atoms with Crippen molar-refractivity contribution in [2.24, 2.45) is 7.05 Å². The highest BCUT2D eigenvalue weighted by atomic mass is 79.9. The first-order chi connectivity index (χ1) is 18.2. The van der Waals surface area contributed by atoms with Crippen LogP contribution in [-0.2, 0) is 23.1 Å². The van der Waals surface area contributed by atoms with E-state index in [2.05, 4.69) is 36.2 Å². The van der Waals surface area contributed by atoms with Crippen LogP contribution in [0.2, 0.25) is 0 Å². The lowest BCUT2D eigenvalue weighted by atomic mass is 10.2. The van der Waals surface area contributed by atoms with Gasteiger partial charge in [-0.3, -0.25) is 24.0 Å². The summed E-state index contributed by atoms with van der Waals surface area (Å²) in [6.45, 7) is 4.89. The second-order valence-electron chi connectivity index (χ2n) is 9.01. The summed E-state index contributed by atoms with van der Waals surface area (Å²) in [6.07, 6.45) is 0. The maximum absolute atomic E-state index is 13.0. The number of carbonyl (C=O) groups is 2. The summed E-state index contributed by atoms with van der Waals surface area (Å²) in [4.78, 5) is 63.9. The molecular weight excluding hydrogens is 560 g/mol. The Morgan fingerprint density at radius 3 is 2.58 bits per heavy atom. The van der Waals surface area contributed by atoms with Gasteiger partial charge in [-0.15, -0.1) is 0 Å². The van der Waals surface area contributed by atoms with Crippen molar-refractivity contribution in [3.8, 4) is 0 Å². The van der Waals surface area contributed by atoms with Crippen LogP contribution in [0.1, 0.15) is 17.4 Å². The Balaban J connectivity index is 1.31. The van der Waals surface area contributed by atoms with Crippen LogP contribution in [0.3, 0.4) is 0 Å². The number of methoxy groups -OCH3 is 1. The molecule has 1 aromatic carbocycles. The van der Waals surface area contributed by atoms with E-state index in [0.29, 0.717) is 66.4 Å². The first-order valence-corrected chi connectivity index (χ1v) is 12.9. The number of amides is 1. The van der Waals surface area contributed by atoms with Crippen LogP contribution in [0.4, 0.5) is 11.6 Å². The lowest BCUT2D eigenvalue weighted by Gasteiger charge is -2.35. The minimum Gasteiger partial charge on any atom is -0.464 e. The van der Waals surface area contributed by atoms with Crippen molar-refractivity contribution in [1.82, 2.24) is 29.0 Å². The SMILES string of the molecule is CCn1c(N2CCN(CC(=O)Nc3c(C(=O)OC)[nH]c4ccc(Br)cc34)CC2)nc2c1c(=O)[nH]c(=O)n2C. The molecule has 5 rings (SSSR count). The number of rotatable bonds is 6. The first-order valence-electron chi connectivity index (χ1n) is 12.1. The molecule has 0 atom stereocenters. The molecule has 0 bridgehead atoms. The van der Waals surface area contributed by atoms with Gasteiger partial charge in [0.05, 0.1) is 19.3 Å². The number of hydrogen-bond donors (Lipinski definition) is 3. The number of anilines is 2. The number of aryl methyl sites for hydroxylation is 2. The van der Waals surface area contributed by atoms with Crippen LogP contribution in [-0.4, -0.2) is 80.7 Å². The number of hydrogen-bond acceptors (Lipinski definition) is 8. The molecule has 38 heavy (non-hydrogen) atoms. The zero-order valence-corrected chi connectivity index (χ0v) is 22.7. The Bertz CT molecular complexity index is 1680. The van der Waals surface area contributed by atoms with Crippen molar-refractivity contribution in [3.63, 3.8) is 0 Å². The number of aromatic amines is 2. The molecule has 1 fully saturated rings. The molecule has 0 radical (unpaired) electrons. The summed E-state index contributed by atoms with van der Waals surface area (Å²) >= 11 is 3.43. The van der Waals surface area contributed by atoms with E-state index in [4.69, 9.17) is 4.74 Å². The number of fused-ring (bicyclic) bond motifs is 2. The molecule has 14 heteroatoms. The lowest BCUT2D eigenvalue weighted by molar-refractivity contribution is -0.117. The average molecular weight is 587 g/mol. The van der Waals surface area contributed by atoms with Gasteiger partial charge >= 0.3 is 11.7 Å². The fourth-order valence-electron chi connectivity index (χ4n) is 4.80. The van der Waals surface area contributed by atoms with E-state index in [0.717, 1.165) is 4.47 Å². The molecule has 0 unspecified atom stereocenters. The van der Waals surface area contributed by atoms with Gasteiger partial charge in [-0.2, -0.15) is 4.98 Å². The van der Waals surface area contributed by atoms with Gasteiger partial charge in [-0.25, -0.2) is 9.59 Å². The summed E-state index contributed by atoms with van der Waals surface area (Å²) in [5.41, 5.74) is 0.985. The minimum absolute atomic E-state index is 0.132. The number of H-pyrrole nitrogens is 2. The van der Waals surface area contributed by atoms with E-state index >= 15 is 0 Å². The number of esters is 1. The van der Waals surface area contributed by atoms with Gasteiger partial charge in [0.15, 0.2) is 11.2 Å². The van der Waals surface area contributed by atoms with E-state index in [-0.39, 0.29) is 18.1 Å². The van der Waals surface area contributed by atoms with Crippen molar-refractivity contribution in [3.05, 3.63) is 49.2 Å². The summed E-state index contributed by atoms with van der Waals surface area (Å²) in [5.74, 6) is -0.214. The van der Waals surface area contributed by atoms with Crippen LogP contribution in [0.15, 0.2) is 32.3 Å². The lowest BCUT2D eigenvalue weighted by Crippen LogP contribution is -2.49. The Kier molecular flexibility index (Phi) is 6.84. The third-order valence-electron chi connectivity index (χ3n) is 6.74.